The largest absolute Gasteiger partial charge is 0.354 e. The highest BCUT2D eigenvalue weighted by atomic mass is 16.6. The molecule has 2 aromatic carbocycles. The van der Waals surface area contributed by atoms with Crippen molar-refractivity contribution in [3.8, 4) is 11.3 Å². The van der Waals surface area contributed by atoms with E-state index < -0.39 is 0 Å². The second-order valence-electron chi connectivity index (χ2n) is 7.09. The number of hydrogen-bond donors (Lipinski definition) is 3. The van der Waals surface area contributed by atoms with Gasteiger partial charge in [-0.25, -0.2) is 5.48 Å². The molecule has 5 heteroatoms. The molecule has 0 radical (unpaired) electrons. The Bertz CT molecular complexity index is 969. The molecule has 0 saturated carbocycles. The average Bonchev–Trinajstić information content (AvgIpc) is 2.98. The molecule has 0 aliphatic carbocycles. The van der Waals surface area contributed by atoms with Crippen molar-refractivity contribution in [1.29, 1.82) is 0 Å². The molecule has 0 unspecified atom stereocenters. The highest BCUT2D eigenvalue weighted by Crippen LogP contribution is 2.35. The summed E-state index contributed by atoms with van der Waals surface area (Å²) in [4.78, 5) is 21.1. The van der Waals surface area contributed by atoms with Crippen LogP contribution in [0.25, 0.3) is 22.2 Å². The zero-order chi connectivity index (χ0) is 17.5. The third kappa shape index (κ3) is 2.52. The average molecular weight is 347 g/mol. The summed E-state index contributed by atoms with van der Waals surface area (Å²) in [5.74, 6) is 0.402. The Kier molecular flexibility index (Phi) is 3.76. The van der Waals surface area contributed by atoms with E-state index in [-0.39, 0.29) is 5.91 Å². The minimum atomic E-state index is -0.194. The normalized spacial score (nSPS) is 20.0. The summed E-state index contributed by atoms with van der Waals surface area (Å²) < 4.78 is 0. The number of piperidine rings is 1. The van der Waals surface area contributed by atoms with E-state index >= 15 is 0 Å². The highest BCUT2D eigenvalue weighted by Gasteiger charge is 2.23. The predicted molar refractivity (Wildman–Crippen MR) is 101 cm³/mol. The zero-order valence-corrected chi connectivity index (χ0v) is 14.5. The SMILES string of the molecule is O=C1NOCc2c(-c3ccc([C@H]4CCCNC4)cc3)[nH]c3cccc1c23. The first-order valence-corrected chi connectivity index (χ1v) is 9.18. The van der Waals surface area contributed by atoms with Crippen LogP contribution in [-0.2, 0) is 11.4 Å². The van der Waals surface area contributed by atoms with Gasteiger partial charge < -0.3 is 10.3 Å². The van der Waals surface area contributed by atoms with Gasteiger partial charge in [0, 0.05) is 23.0 Å². The fourth-order valence-corrected chi connectivity index (χ4v) is 4.18. The summed E-state index contributed by atoms with van der Waals surface area (Å²) in [5, 5.41) is 4.44. The van der Waals surface area contributed by atoms with E-state index in [1.165, 1.54) is 18.4 Å². The number of H-pyrrole nitrogens is 1. The second kappa shape index (κ2) is 6.27. The molecule has 1 amide bonds. The lowest BCUT2D eigenvalue weighted by Gasteiger charge is -2.23. The molecule has 26 heavy (non-hydrogen) atoms. The number of carbonyl (C=O) groups excluding carboxylic acids is 1. The van der Waals surface area contributed by atoms with Crippen LogP contribution in [0.5, 0.6) is 0 Å². The fraction of sp³-hybridized carbons (Fsp3) is 0.286. The second-order valence-corrected chi connectivity index (χ2v) is 7.09. The van der Waals surface area contributed by atoms with Crippen molar-refractivity contribution in [3.05, 3.63) is 59.2 Å². The van der Waals surface area contributed by atoms with Gasteiger partial charge in [0.15, 0.2) is 0 Å². The maximum atomic E-state index is 12.2. The van der Waals surface area contributed by atoms with Gasteiger partial charge in [-0.3, -0.25) is 9.63 Å². The molecule has 5 nitrogen and oxygen atoms in total. The van der Waals surface area contributed by atoms with E-state index in [0.29, 0.717) is 18.1 Å². The molecular weight excluding hydrogens is 326 g/mol. The van der Waals surface area contributed by atoms with Gasteiger partial charge in [-0.15, -0.1) is 0 Å². The molecule has 132 valence electrons. The monoisotopic (exact) mass is 347 g/mol. The first-order chi connectivity index (χ1) is 12.8. The van der Waals surface area contributed by atoms with Crippen molar-refractivity contribution in [1.82, 2.24) is 15.8 Å². The van der Waals surface area contributed by atoms with E-state index in [1.807, 2.05) is 18.2 Å². The van der Waals surface area contributed by atoms with Crippen LogP contribution in [0.15, 0.2) is 42.5 Å². The van der Waals surface area contributed by atoms with Gasteiger partial charge in [0.1, 0.15) is 6.61 Å². The minimum Gasteiger partial charge on any atom is -0.354 e. The van der Waals surface area contributed by atoms with Crippen molar-refractivity contribution < 1.29 is 9.63 Å². The number of benzene rings is 2. The number of carbonyl (C=O) groups is 1. The summed E-state index contributed by atoms with van der Waals surface area (Å²) in [5.41, 5.74) is 8.69. The number of hydrogen-bond acceptors (Lipinski definition) is 3. The minimum absolute atomic E-state index is 0.194. The van der Waals surface area contributed by atoms with Gasteiger partial charge in [-0.1, -0.05) is 30.3 Å². The fourth-order valence-electron chi connectivity index (χ4n) is 4.18. The van der Waals surface area contributed by atoms with E-state index in [4.69, 9.17) is 4.84 Å². The summed E-state index contributed by atoms with van der Waals surface area (Å²) in [7, 11) is 0. The highest BCUT2D eigenvalue weighted by molar-refractivity contribution is 6.09. The van der Waals surface area contributed by atoms with Gasteiger partial charge in [-0.05, 0) is 48.6 Å². The van der Waals surface area contributed by atoms with E-state index in [9.17, 15) is 4.79 Å². The lowest BCUT2D eigenvalue weighted by Crippen LogP contribution is -2.28. The van der Waals surface area contributed by atoms with E-state index in [2.05, 4.69) is 40.0 Å². The number of nitrogens with one attached hydrogen (secondary N) is 3. The van der Waals surface area contributed by atoms with E-state index in [1.54, 1.807) is 0 Å². The molecule has 2 aliphatic rings. The predicted octanol–water partition coefficient (Wildman–Crippen LogP) is 3.48. The Hall–Kier alpha value is -2.63. The van der Waals surface area contributed by atoms with Crippen molar-refractivity contribution >= 4 is 16.8 Å². The maximum Gasteiger partial charge on any atom is 0.275 e. The molecule has 1 saturated heterocycles. The third-order valence-corrected chi connectivity index (χ3v) is 5.52. The van der Waals surface area contributed by atoms with Crippen LogP contribution in [0, 0.1) is 0 Å². The molecule has 3 N–H and O–H groups in total. The molecule has 1 aromatic heterocycles. The Morgan fingerprint density at radius 3 is 2.77 bits per heavy atom. The zero-order valence-electron chi connectivity index (χ0n) is 14.5. The van der Waals surface area contributed by atoms with Gasteiger partial charge in [0.05, 0.1) is 11.3 Å². The van der Waals surface area contributed by atoms with E-state index in [0.717, 1.165) is 40.8 Å². The molecule has 5 rings (SSSR count). The smallest absolute Gasteiger partial charge is 0.275 e. The van der Waals surface area contributed by atoms with Crippen molar-refractivity contribution in [2.45, 2.75) is 25.4 Å². The summed E-state index contributed by atoms with van der Waals surface area (Å²) in [6, 6.07) is 14.5. The Morgan fingerprint density at radius 2 is 1.96 bits per heavy atom. The number of amides is 1. The molecular formula is C21H21N3O2. The quantitative estimate of drug-likeness (QED) is 0.665. The topological polar surface area (TPSA) is 66.2 Å². The van der Waals surface area contributed by atoms with Crippen LogP contribution in [0.1, 0.15) is 40.2 Å². The van der Waals surface area contributed by atoms with Crippen LogP contribution in [0.3, 0.4) is 0 Å². The lowest BCUT2D eigenvalue weighted by molar-refractivity contribution is 0.0256. The van der Waals surface area contributed by atoms with Crippen LogP contribution < -0.4 is 10.8 Å². The van der Waals surface area contributed by atoms with Crippen LogP contribution >= 0.6 is 0 Å². The van der Waals surface area contributed by atoms with Crippen LogP contribution in [0.4, 0.5) is 0 Å². The molecule has 1 atom stereocenters. The molecule has 0 spiro atoms. The first-order valence-electron chi connectivity index (χ1n) is 9.18. The standard InChI is InChI=1S/C21H21N3O2/c25-21-16-4-1-5-18-19(16)17(12-26-24-21)20(23-18)14-8-6-13(7-9-14)15-3-2-10-22-11-15/h1,4-9,15,22-23H,2-3,10-12H2,(H,24,25)/t15-/m0/s1. The summed E-state index contributed by atoms with van der Waals surface area (Å²) >= 11 is 0. The van der Waals surface area contributed by atoms with Gasteiger partial charge in [0.25, 0.3) is 5.91 Å². The molecule has 2 aliphatic heterocycles. The number of rotatable bonds is 2. The third-order valence-electron chi connectivity index (χ3n) is 5.52. The molecule has 0 bridgehead atoms. The van der Waals surface area contributed by atoms with Crippen LogP contribution in [-0.4, -0.2) is 24.0 Å². The van der Waals surface area contributed by atoms with Crippen molar-refractivity contribution in [2.75, 3.05) is 13.1 Å². The van der Waals surface area contributed by atoms with Crippen molar-refractivity contribution in [3.63, 3.8) is 0 Å². The first kappa shape index (κ1) is 15.6. The molecule has 3 aromatic rings. The summed E-state index contributed by atoms with van der Waals surface area (Å²) in [6.07, 6.45) is 2.48. The van der Waals surface area contributed by atoms with Gasteiger partial charge in [0.2, 0.25) is 0 Å². The Morgan fingerprint density at radius 1 is 1.08 bits per heavy atom. The molecule has 1 fully saturated rings. The summed E-state index contributed by atoms with van der Waals surface area (Å²) in [6.45, 7) is 2.54. The number of aromatic amines is 1. The number of hydroxylamine groups is 1. The molecule has 3 heterocycles. The Balaban J connectivity index is 1.57. The lowest BCUT2D eigenvalue weighted by atomic mass is 9.90. The van der Waals surface area contributed by atoms with Crippen LogP contribution in [0.2, 0.25) is 0 Å². The van der Waals surface area contributed by atoms with Gasteiger partial charge >= 0.3 is 0 Å². The van der Waals surface area contributed by atoms with Crippen molar-refractivity contribution in [2.24, 2.45) is 0 Å². The Labute approximate surface area is 151 Å². The number of aromatic nitrogens is 1. The van der Waals surface area contributed by atoms with Gasteiger partial charge in [-0.2, -0.15) is 0 Å². The maximum absolute atomic E-state index is 12.2.